The summed E-state index contributed by atoms with van der Waals surface area (Å²) in [6, 6.07) is 13.0. The molecule has 0 saturated carbocycles. The van der Waals surface area contributed by atoms with Gasteiger partial charge in [-0.3, -0.25) is 4.79 Å². The number of nitrogens with zero attached hydrogens (tertiary/aromatic N) is 1. The van der Waals surface area contributed by atoms with Gasteiger partial charge in [0.2, 0.25) is 7.41 Å². The first-order chi connectivity index (χ1) is 14.3. The Balaban J connectivity index is 1.70. The molecule has 0 aromatic heterocycles. The van der Waals surface area contributed by atoms with Gasteiger partial charge in [-0.25, -0.2) is 8.42 Å². The topological polar surface area (TPSA) is 66.5 Å². The van der Waals surface area contributed by atoms with Crippen LogP contribution in [0.25, 0.3) is 0 Å². The molecule has 1 radical (unpaired) electrons. The summed E-state index contributed by atoms with van der Waals surface area (Å²) in [6.07, 6.45) is 0.928. The second-order valence-electron chi connectivity index (χ2n) is 8.08. The maximum absolute atomic E-state index is 12.7. The lowest BCUT2D eigenvalue weighted by Gasteiger charge is -2.39. The molecule has 1 unspecified atom stereocenters. The summed E-state index contributed by atoms with van der Waals surface area (Å²) in [6.45, 7) is 9.48. The first-order valence-electron chi connectivity index (χ1n) is 10.5. The zero-order chi connectivity index (χ0) is 21.9. The predicted molar refractivity (Wildman–Crippen MR) is 121 cm³/mol. The van der Waals surface area contributed by atoms with E-state index in [4.69, 9.17) is 0 Å². The van der Waals surface area contributed by atoms with E-state index in [9.17, 15) is 13.2 Å². The second kappa shape index (κ2) is 9.35. The van der Waals surface area contributed by atoms with E-state index in [1.165, 1.54) is 11.1 Å². The highest BCUT2D eigenvalue weighted by Crippen LogP contribution is 2.35. The highest BCUT2D eigenvalue weighted by molar-refractivity contribution is 7.91. The summed E-state index contributed by atoms with van der Waals surface area (Å²) in [4.78, 5) is 15.4. The van der Waals surface area contributed by atoms with E-state index < -0.39 is 9.84 Å². The summed E-state index contributed by atoms with van der Waals surface area (Å²) < 4.78 is 23.8. The molecule has 5 nitrogen and oxygen atoms in total. The summed E-state index contributed by atoms with van der Waals surface area (Å²) in [5, 5.41) is 2.94. The number of rotatable bonds is 7. The highest BCUT2D eigenvalue weighted by atomic mass is 32.2. The fraction of sp³-hybridized carbons (Fsp3) is 0.435. The lowest BCUT2D eigenvalue weighted by atomic mass is 9.79. The summed E-state index contributed by atoms with van der Waals surface area (Å²) in [5.41, 5.74) is 4.08. The smallest absolute Gasteiger partial charge is 0.251 e. The number of hydrogen-bond acceptors (Lipinski definition) is 4. The number of fused-ring (bicyclic) bond motifs is 1. The highest BCUT2D eigenvalue weighted by Gasteiger charge is 2.29. The van der Waals surface area contributed by atoms with Gasteiger partial charge in [0, 0.05) is 18.2 Å². The Kier molecular flexibility index (Phi) is 7.04. The van der Waals surface area contributed by atoms with Crippen molar-refractivity contribution < 1.29 is 13.2 Å². The molecule has 0 fully saturated rings. The molecule has 1 atom stereocenters. The van der Waals surface area contributed by atoms with Crippen LogP contribution < -0.4 is 5.32 Å². The van der Waals surface area contributed by atoms with Gasteiger partial charge in [0.05, 0.1) is 10.6 Å². The van der Waals surface area contributed by atoms with Crippen LogP contribution in [0.2, 0.25) is 6.82 Å². The minimum Gasteiger partial charge on any atom is -0.348 e. The fourth-order valence-electron chi connectivity index (χ4n) is 4.12. The molecular weight excluding hydrogens is 395 g/mol. The largest absolute Gasteiger partial charge is 0.348 e. The number of nitrogens with one attached hydrogen (secondary N) is 1. The van der Waals surface area contributed by atoms with E-state index in [1.54, 1.807) is 31.2 Å². The van der Waals surface area contributed by atoms with Crippen LogP contribution in [-0.2, 0) is 22.8 Å². The quantitative estimate of drug-likeness (QED) is 0.688. The summed E-state index contributed by atoms with van der Waals surface area (Å²) in [5.74, 6) is 0.445. The van der Waals surface area contributed by atoms with Crippen molar-refractivity contribution in [1.29, 1.82) is 0 Å². The molecule has 0 aliphatic carbocycles. The molecule has 159 valence electrons. The fourth-order valence-corrected chi connectivity index (χ4v) is 5.00. The molecule has 1 aliphatic heterocycles. The maximum atomic E-state index is 12.7. The lowest BCUT2D eigenvalue weighted by Crippen LogP contribution is -2.39. The molecule has 1 aliphatic rings. The van der Waals surface area contributed by atoms with Crippen molar-refractivity contribution in [2.24, 2.45) is 5.92 Å². The van der Waals surface area contributed by atoms with E-state index in [-0.39, 0.29) is 11.7 Å². The normalized spacial score (nSPS) is 16.9. The zero-order valence-corrected chi connectivity index (χ0v) is 19.0. The average Bonchev–Trinajstić information content (AvgIpc) is 2.76. The van der Waals surface area contributed by atoms with Gasteiger partial charge in [-0.15, -0.1) is 0 Å². The van der Waals surface area contributed by atoms with Crippen LogP contribution >= 0.6 is 0 Å². The van der Waals surface area contributed by atoms with Gasteiger partial charge >= 0.3 is 0 Å². The zero-order valence-electron chi connectivity index (χ0n) is 18.2. The molecule has 2 aromatic rings. The number of benzene rings is 2. The Bertz CT molecular complexity index is 1000. The first kappa shape index (κ1) is 22.6. The van der Waals surface area contributed by atoms with Crippen LogP contribution in [0, 0.1) is 5.92 Å². The number of hydrogen-bond donors (Lipinski definition) is 1. The van der Waals surface area contributed by atoms with Crippen LogP contribution in [0.3, 0.4) is 0 Å². The molecule has 1 heterocycles. The van der Waals surface area contributed by atoms with Crippen molar-refractivity contribution in [3.8, 4) is 0 Å². The molecule has 7 heteroatoms. The standard InChI is InChI=1S/C23H30BN2O3S/c1-5-30(28,29)20-9-6-17(7-10-20)15-25-23(27)19-8-11-21-18(14-19)12-13-26(24-4)22(21)16(2)3/h6-11,14,16,22H,5,12-13,15H2,1-4H3,(H,25,27). The van der Waals surface area contributed by atoms with Gasteiger partial charge in [-0.2, -0.15) is 0 Å². The second-order valence-corrected chi connectivity index (χ2v) is 10.4. The van der Waals surface area contributed by atoms with Gasteiger partial charge in [-0.05, 0) is 59.8 Å². The summed E-state index contributed by atoms with van der Waals surface area (Å²) in [7, 11) is -1.05. The third kappa shape index (κ3) is 4.78. The van der Waals surface area contributed by atoms with Crippen molar-refractivity contribution in [1.82, 2.24) is 10.1 Å². The molecule has 1 N–H and O–H groups in total. The molecule has 0 spiro atoms. The number of carbonyl (C=O) groups is 1. The van der Waals surface area contributed by atoms with Gasteiger partial charge in [-0.1, -0.05) is 45.8 Å². The van der Waals surface area contributed by atoms with Gasteiger partial charge in [0.1, 0.15) is 0 Å². The lowest BCUT2D eigenvalue weighted by molar-refractivity contribution is 0.0950. The van der Waals surface area contributed by atoms with Gasteiger partial charge in [0.15, 0.2) is 9.84 Å². The SMILES string of the molecule is C[B]N1CCc2cc(C(=O)NCc3ccc(S(=O)(=O)CC)cc3)ccc2C1C(C)C. The van der Waals surface area contributed by atoms with Crippen molar-refractivity contribution in [3.05, 3.63) is 64.7 Å². The van der Waals surface area contributed by atoms with Crippen LogP contribution in [-0.4, -0.2) is 38.8 Å². The van der Waals surface area contributed by atoms with E-state index in [0.29, 0.717) is 29.0 Å². The van der Waals surface area contributed by atoms with E-state index in [0.717, 1.165) is 18.5 Å². The Morgan fingerprint density at radius 1 is 1.20 bits per heavy atom. The Morgan fingerprint density at radius 2 is 1.90 bits per heavy atom. The number of amides is 1. The summed E-state index contributed by atoms with van der Waals surface area (Å²) >= 11 is 0. The van der Waals surface area contributed by atoms with E-state index >= 15 is 0 Å². The monoisotopic (exact) mass is 425 g/mol. The Morgan fingerprint density at radius 3 is 2.50 bits per heavy atom. The van der Waals surface area contributed by atoms with E-state index in [2.05, 4.69) is 44.3 Å². The third-order valence-corrected chi connectivity index (χ3v) is 7.55. The van der Waals surface area contributed by atoms with Crippen LogP contribution in [0.5, 0.6) is 0 Å². The molecular formula is C23H30BN2O3S. The number of sulfone groups is 1. The predicted octanol–water partition coefficient (Wildman–Crippen LogP) is 3.63. The van der Waals surface area contributed by atoms with E-state index in [1.807, 2.05) is 12.1 Å². The first-order valence-corrected chi connectivity index (χ1v) is 12.2. The van der Waals surface area contributed by atoms with Crippen molar-refractivity contribution in [3.63, 3.8) is 0 Å². The van der Waals surface area contributed by atoms with Crippen LogP contribution in [0.4, 0.5) is 0 Å². The molecule has 1 amide bonds. The molecule has 0 saturated heterocycles. The van der Waals surface area contributed by atoms with Crippen molar-refractivity contribution >= 4 is 23.2 Å². The molecule has 0 bridgehead atoms. The minimum absolute atomic E-state index is 0.0765. The van der Waals surface area contributed by atoms with Crippen molar-refractivity contribution in [2.45, 2.75) is 51.5 Å². The average molecular weight is 425 g/mol. The van der Waals surface area contributed by atoms with Gasteiger partial charge in [0.25, 0.3) is 5.91 Å². The van der Waals surface area contributed by atoms with Crippen LogP contribution in [0.15, 0.2) is 47.4 Å². The van der Waals surface area contributed by atoms with Crippen LogP contribution in [0.1, 0.15) is 53.9 Å². The maximum Gasteiger partial charge on any atom is 0.251 e. The minimum atomic E-state index is -3.21. The molecule has 3 rings (SSSR count). The number of carbonyl (C=O) groups excluding carboxylic acids is 1. The van der Waals surface area contributed by atoms with Crippen molar-refractivity contribution in [2.75, 3.05) is 12.3 Å². The molecule has 30 heavy (non-hydrogen) atoms. The molecule has 2 aromatic carbocycles. The Labute approximate surface area is 181 Å². The van der Waals surface area contributed by atoms with Gasteiger partial charge < -0.3 is 10.1 Å². The third-order valence-electron chi connectivity index (χ3n) is 5.80. The Hall–Kier alpha value is -2.12.